The predicted octanol–water partition coefficient (Wildman–Crippen LogP) is -0.983. The number of hydrogen-bond acceptors (Lipinski definition) is 4. The number of thioether (sulfide) groups is 1. The third kappa shape index (κ3) is 2.38. The summed E-state index contributed by atoms with van der Waals surface area (Å²) in [6.07, 6.45) is 0. The molecule has 2 atom stereocenters. The summed E-state index contributed by atoms with van der Waals surface area (Å²) < 4.78 is 10.3. The van der Waals surface area contributed by atoms with E-state index >= 15 is 0 Å². The summed E-state index contributed by atoms with van der Waals surface area (Å²) in [4.78, 5) is 0.162. The molecule has 9 heavy (non-hydrogen) atoms. The molecule has 0 bridgehead atoms. The molecule has 0 amide bonds. The van der Waals surface area contributed by atoms with E-state index in [1.165, 1.54) is 11.8 Å². The van der Waals surface area contributed by atoms with Crippen molar-refractivity contribution in [1.29, 1.82) is 0 Å². The van der Waals surface area contributed by atoms with Crippen LogP contribution in [0.3, 0.4) is 0 Å². The van der Waals surface area contributed by atoms with Crippen molar-refractivity contribution in [2.24, 2.45) is 0 Å². The first kappa shape index (κ1) is 7.73. The zero-order chi connectivity index (χ0) is 6.69. The average Bonchev–Trinajstić information content (AvgIpc) is 1.90. The Morgan fingerprint density at radius 1 is 1.78 bits per heavy atom. The van der Waals surface area contributed by atoms with Gasteiger partial charge in [0.25, 0.3) is 0 Å². The van der Waals surface area contributed by atoms with Crippen LogP contribution in [0.1, 0.15) is 0 Å². The van der Waals surface area contributed by atoms with Crippen molar-refractivity contribution in [1.82, 2.24) is 5.32 Å². The quantitative estimate of drug-likeness (QED) is 0.545. The molecule has 3 nitrogen and oxygen atoms in total. The zero-order valence-electron chi connectivity index (χ0n) is 4.78. The summed E-state index contributed by atoms with van der Waals surface area (Å²) in [5.74, 6) is 0.782. The second kappa shape index (κ2) is 3.71. The van der Waals surface area contributed by atoms with Gasteiger partial charge in [0, 0.05) is 0 Å². The monoisotopic (exact) mass is 209 g/mol. The second-order valence-corrected chi connectivity index (χ2v) is 4.78. The molecular formula is C4H8AsNO2S. The molecular weight excluding hydrogens is 201 g/mol. The number of hydrogen-bond donors (Lipinski definition) is 2. The Bertz CT molecular complexity index is 105. The van der Waals surface area contributed by atoms with Crippen molar-refractivity contribution in [3.8, 4) is 0 Å². The van der Waals surface area contributed by atoms with Gasteiger partial charge >= 0.3 is 64.2 Å². The molecule has 5 heteroatoms. The molecule has 0 radical (unpaired) electrons. The molecule has 1 aliphatic heterocycles. The molecule has 0 saturated carbocycles. The van der Waals surface area contributed by atoms with E-state index in [-0.39, 0.29) is 10.3 Å². The molecule has 0 aliphatic carbocycles. The molecule has 0 aromatic rings. The molecule has 1 saturated heterocycles. The van der Waals surface area contributed by atoms with Gasteiger partial charge in [0.1, 0.15) is 0 Å². The molecule has 2 N–H and O–H groups in total. The topological polar surface area (TPSA) is 49.3 Å². The van der Waals surface area contributed by atoms with Gasteiger partial charge in [-0.2, -0.15) is 0 Å². The summed E-state index contributed by atoms with van der Waals surface area (Å²) in [5.41, 5.74) is -0.297. The van der Waals surface area contributed by atoms with Crippen LogP contribution in [0.15, 0.2) is 0 Å². The second-order valence-electron chi connectivity index (χ2n) is 1.82. The summed E-state index contributed by atoms with van der Waals surface area (Å²) in [6, 6.07) is 0. The fraction of sp³-hybridized carbons (Fsp3) is 1.00. The van der Waals surface area contributed by atoms with Crippen LogP contribution in [0.2, 0.25) is 0 Å². The van der Waals surface area contributed by atoms with Gasteiger partial charge in [0.05, 0.1) is 0 Å². The van der Waals surface area contributed by atoms with Crippen molar-refractivity contribution >= 4 is 27.5 Å². The molecule has 1 heterocycles. The van der Waals surface area contributed by atoms with Crippen LogP contribution < -0.4 is 5.32 Å². The van der Waals surface area contributed by atoms with E-state index in [9.17, 15) is 3.74 Å². The number of aliphatic hydroxyl groups excluding tert-OH is 1. The number of nitrogens with one attached hydrogen (secondary N) is 1. The summed E-state index contributed by atoms with van der Waals surface area (Å²) in [6.45, 7) is 0.577. The standard InChI is InChI=1S/C4H8AsNO2S/c7-4-1-6-3(5-8)2-9-4/h3-4,6-7H,1-2H2. The van der Waals surface area contributed by atoms with Gasteiger partial charge < -0.3 is 0 Å². The molecule has 1 aliphatic rings. The van der Waals surface area contributed by atoms with Crippen molar-refractivity contribution < 1.29 is 8.85 Å². The fourth-order valence-electron chi connectivity index (χ4n) is 0.625. The minimum atomic E-state index is -0.802. The van der Waals surface area contributed by atoms with Gasteiger partial charge in [0.2, 0.25) is 0 Å². The van der Waals surface area contributed by atoms with Crippen LogP contribution in [-0.2, 0) is 3.74 Å². The molecule has 1 rings (SSSR count). The van der Waals surface area contributed by atoms with E-state index in [4.69, 9.17) is 5.11 Å². The van der Waals surface area contributed by atoms with E-state index in [2.05, 4.69) is 5.32 Å². The van der Waals surface area contributed by atoms with Crippen LogP contribution in [0.5, 0.6) is 0 Å². The van der Waals surface area contributed by atoms with Crippen LogP contribution in [0.4, 0.5) is 0 Å². The Balaban J connectivity index is 2.26. The van der Waals surface area contributed by atoms with Crippen molar-refractivity contribution in [2.45, 2.75) is 10.3 Å². The van der Waals surface area contributed by atoms with E-state index in [1.807, 2.05) is 0 Å². The number of β-amino-alcohol motifs (C(OH)–C–C–N with tert-alkyl or cyclic N) is 1. The first-order valence-electron chi connectivity index (χ1n) is 2.68. The Labute approximate surface area is 64.5 Å². The van der Waals surface area contributed by atoms with Gasteiger partial charge in [-0.3, -0.25) is 0 Å². The van der Waals surface area contributed by atoms with Gasteiger partial charge in [-0.1, -0.05) is 0 Å². The van der Waals surface area contributed by atoms with Gasteiger partial charge in [-0.05, 0) is 0 Å². The first-order valence-corrected chi connectivity index (χ1v) is 5.58. The summed E-state index contributed by atoms with van der Waals surface area (Å²) in [7, 11) is 0. The SMILES string of the molecule is O=[As]C1CSC(O)CN1. The van der Waals surface area contributed by atoms with Gasteiger partial charge in [-0.25, -0.2) is 0 Å². The van der Waals surface area contributed by atoms with Crippen molar-refractivity contribution in [3.63, 3.8) is 0 Å². The summed E-state index contributed by atoms with van der Waals surface area (Å²) in [5, 5.41) is 11.9. The molecule has 2 unspecified atom stereocenters. The summed E-state index contributed by atoms with van der Waals surface area (Å²) >= 11 is 0.665. The number of aliphatic hydroxyl groups is 1. The molecule has 0 aromatic carbocycles. The van der Waals surface area contributed by atoms with Crippen LogP contribution in [0, 0.1) is 0 Å². The van der Waals surface area contributed by atoms with Crippen molar-refractivity contribution in [2.75, 3.05) is 12.3 Å². The normalized spacial score (nSPS) is 37.0. The Hall–Kier alpha value is 0.628. The zero-order valence-corrected chi connectivity index (χ0v) is 7.47. The Morgan fingerprint density at radius 2 is 2.56 bits per heavy atom. The third-order valence-corrected chi connectivity index (χ3v) is 4.02. The Kier molecular flexibility index (Phi) is 3.19. The number of rotatable bonds is 1. The van der Waals surface area contributed by atoms with Crippen molar-refractivity contribution in [3.05, 3.63) is 0 Å². The van der Waals surface area contributed by atoms with E-state index in [0.29, 0.717) is 6.54 Å². The molecule has 0 spiro atoms. The maximum absolute atomic E-state index is 10.3. The van der Waals surface area contributed by atoms with Gasteiger partial charge in [-0.15, -0.1) is 0 Å². The van der Waals surface area contributed by atoms with Crippen LogP contribution >= 0.6 is 11.8 Å². The van der Waals surface area contributed by atoms with Crippen LogP contribution in [0.25, 0.3) is 0 Å². The Morgan fingerprint density at radius 3 is 3.00 bits per heavy atom. The van der Waals surface area contributed by atoms with Crippen LogP contribution in [-0.4, -0.2) is 43.4 Å². The van der Waals surface area contributed by atoms with E-state index in [0.717, 1.165) is 5.75 Å². The molecule has 0 aromatic heterocycles. The fourth-order valence-corrected chi connectivity index (χ4v) is 2.72. The average molecular weight is 209 g/mol. The predicted molar refractivity (Wildman–Crippen MR) is 36.7 cm³/mol. The first-order chi connectivity index (χ1) is 4.33. The van der Waals surface area contributed by atoms with E-state index < -0.39 is 15.7 Å². The van der Waals surface area contributed by atoms with E-state index in [1.54, 1.807) is 0 Å². The van der Waals surface area contributed by atoms with Gasteiger partial charge in [0.15, 0.2) is 0 Å². The molecule has 52 valence electrons. The maximum atomic E-state index is 10.3. The molecule has 1 fully saturated rings. The minimum absolute atomic E-state index is 0.162. The third-order valence-electron chi connectivity index (χ3n) is 1.10.